The molecule has 1 N–H and O–H groups in total. The second kappa shape index (κ2) is 6.62. The number of benzene rings is 1. The number of ether oxygens (including phenoxy) is 1. The normalized spacial score (nSPS) is 10.1. The Morgan fingerprint density at radius 3 is 2.74 bits per heavy atom. The summed E-state index contributed by atoms with van der Waals surface area (Å²) in [7, 11) is 1.63. The van der Waals surface area contributed by atoms with Crippen molar-refractivity contribution in [1.82, 2.24) is 9.97 Å². The molecule has 6 heteroatoms. The van der Waals surface area contributed by atoms with Gasteiger partial charge in [0, 0.05) is 18.9 Å². The van der Waals surface area contributed by atoms with Crippen LogP contribution in [0.3, 0.4) is 0 Å². The zero-order valence-corrected chi connectivity index (χ0v) is 12.5. The molecule has 2 aromatic heterocycles. The number of nitrogens with one attached hydrogen (secondary N) is 1. The van der Waals surface area contributed by atoms with E-state index in [4.69, 9.17) is 9.15 Å². The maximum Gasteiger partial charge on any atom is 0.232 e. The highest BCUT2D eigenvalue weighted by atomic mass is 16.5. The van der Waals surface area contributed by atoms with Crippen molar-refractivity contribution >= 4 is 5.88 Å². The van der Waals surface area contributed by atoms with E-state index in [0.717, 1.165) is 16.9 Å². The Kier molecular flexibility index (Phi) is 4.20. The van der Waals surface area contributed by atoms with Gasteiger partial charge in [0.25, 0.3) is 0 Å². The molecule has 0 aliphatic rings. The summed E-state index contributed by atoms with van der Waals surface area (Å²) >= 11 is 0. The van der Waals surface area contributed by atoms with Gasteiger partial charge < -0.3 is 14.5 Å². The van der Waals surface area contributed by atoms with Crippen LogP contribution in [-0.4, -0.2) is 17.1 Å². The first-order valence-corrected chi connectivity index (χ1v) is 6.98. The number of aromatic nitrogens is 2. The predicted molar refractivity (Wildman–Crippen MR) is 84.8 cm³/mol. The van der Waals surface area contributed by atoms with Crippen molar-refractivity contribution in [2.24, 2.45) is 0 Å². The highest BCUT2D eigenvalue weighted by Gasteiger charge is 2.14. The lowest BCUT2D eigenvalue weighted by atomic mass is 10.2. The molecule has 3 rings (SSSR count). The molecule has 1 aromatic carbocycles. The van der Waals surface area contributed by atoms with Crippen molar-refractivity contribution in [3.8, 4) is 23.3 Å². The Balaban J connectivity index is 1.77. The molecule has 3 aromatic rings. The van der Waals surface area contributed by atoms with Crippen LogP contribution < -0.4 is 10.1 Å². The van der Waals surface area contributed by atoms with Gasteiger partial charge >= 0.3 is 0 Å². The first kappa shape index (κ1) is 14.6. The lowest BCUT2D eigenvalue weighted by Crippen LogP contribution is -1.99. The second-order valence-electron chi connectivity index (χ2n) is 4.75. The van der Waals surface area contributed by atoms with Gasteiger partial charge in [-0.15, -0.1) is 0 Å². The highest BCUT2D eigenvalue weighted by Crippen LogP contribution is 2.25. The van der Waals surface area contributed by atoms with Crippen molar-refractivity contribution in [3.05, 3.63) is 60.0 Å². The van der Waals surface area contributed by atoms with Crippen LogP contribution in [0, 0.1) is 11.3 Å². The first-order chi connectivity index (χ1) is 11.3. The maximum absolute atomic E-state index is 9.20. The Labute approximate surface area is 133 Å². The third-order valence-corrected chi connectivity index (χ3v) is 3.25. The summed E-state index contributed by atoms with van der Waals surface area (Å²) in [5.41, 5.74) is 1.98. The third kappa shape index (κ3) is 3.30. The lowest BCUT2D eigenvalue weighted by molar-refractivity contribution is 0.414. The van der Waals surface area contributed by atoms with Crippen LogP contribution in [0.2, 0.25) is 0 Å². The summed E-state index contributed by atoms with van der Waals surface area (Å²) in [6.07, 6.45) is 3.31. The highest BCUT2D eigenvalue weighted by molar-refractivity contribution is 5.57. The van der Waals surface area contributed by atoms with Crippen molar-refractivity contribution in [1.29, 1.82) is 5.26 Å². The Morgan fingerprint density at radius 2 is 2.09 bits per heavy atom. The standard InChI is InChI=1S/C17H14N4O2/c1-22-14-6-4-12(5-7-14)10-20-17-15(9-18)21-16(23-17)13-3-2-8-19-11-13/h2-8,11,20H,10H2,1H3. The molecule has 0 saturated heterocycles. The van der Waals surface area contributed by atoms with Crippen LogP contribution >= 0.6 is 0 Å². The molecular weight excluding hydrogens is 292 g/mol. The van der Waals surface area contributed by atoms with Crippen LogP contribution in [0.25, 0.3) is 11.5 Å². The topological polar surface area (TPSA) is 84.0 Å². The van der Waals surface area contributed by atoms with Crippen LogP contribution in [0.5, 0.6) is 5.75 Å². The lowest BCUT2D eigenvalue weighted by Gasteiger charge is -2.04. The van der Waals surface area contributed by atoms with Gasteiger partial charge in [-0.1, -0.05) is 12.1 Å². The molecule has 0 radical (unpaired) electrons. The zero-order valence-electron chi connectivity index (χ0n) is 12.5. The van der Waals surface area contributed by atoms with Gasteiger partial charge in [0.2, 0.25) is 17.5 Å². The number of nitriles is 1. The number of rotatable bonds is 5. The van der Waals surface area contributed by atoms with Gasteiger partial charge in [-0.2, -0.15) is 10.2 Å². The molecule has 0 amide bonds. The van der Waals surface area contributed by atoms with E-state index in [1.54, 1.807) is 25.6 Å². The van der Waals surface area contributed by atoms with E-state index in [-0.39, 0.29) is 5.69 Å². The Hall–Kier alpha value is -3.33. The molecule has 2 heterocycles. The number of methoxy groups -OCH3 is 1. The van der Waals surface area contributed by atoms with Crippen LogP contribution in [0.15, 0.2) is 53.2 Å². The van der Waals surface area contributed by atoms with Gasteiger partial charge in [0.1, 0.15) is 11.8 Å². The molecule has 0 aliphatic heterocycles. The summed E-state index contributed by atoms with van der Waals surface area (Å²) in [6.45, 7) is 0.514. The molecule has 0 atom stereocenters. The minimum Gasteiger partial charge on any atom is -0.497 e. The average Bonchev–Trinajstić information content (AvgIpc) is 3.04. The fraction of sp³-hybridized carbons (Fsp3) is 0.118. The van der Waals surface area contributed by atoms with E-state index in [9.17, 15) is 5.26 Å². The second-order valence-corrected chi connectivity index (χ2v) is 4.75. The van der Waals surface area contributed by atoms with E-state index in [1.165, 1.54) is 0 Å². The maximum atomic E-state index is 9.20. The summed E-state index contributed by atoms with van der Waals surface area (Å²) in [5.74, 6) is 1.51. The summed E-state index contributed by atoms with van der Waals surface area (Å²) in [5, 5.41) is 12.3. The predicted octanol–water partition coefficient (Wildman–Crippen LogP) is 3.23. The molecule has 0 fully saturated rings. The zero-order chi connectivity index (χ0) is 16.1. The van der Waals surface area contributed by atoms with Crippen molar-refractivity contribution in [2.75, 3.05) is 12.4 Å². The molecule has 23 heavy (non-hydrogen) atoms. The fourth-order valence-electron chi connectivity index (χ4n) is 2.05. The molecular formula is C17H14N4O2. The van der Waals surface area contributed by atoms with Crippen LogP contribution in [0.1, 0.15) is 11.3 Å². The molecule has 0 bridgehead atoms. The molecule has 0 unspecified atom stereocenters. The number of nitrogens with zero attached hydrogens (tertiary/aromatic N) is 3. The minimum absolute atomic E-state index is 0.220. The molecule has 6 nitrogen and oxygen atoms in total. The SMILES string of the molecule is COc1ccc(CNc2oc(-c3cccnc3)nc2C#N)cc1. The van der Waals surface area contributed by atoms with Crippen molar-refractivity contribution in [3.63, 3.8) is 0 Å². The van der Waals surface area contributed by atoms with Crippen molar-refractivity contribution < 1.29 is 9.15 Å². The Bertz CT molecular complexity index is 820. The van der Waals surface area contributed by atoms with Gasteiger partial charge in [-0.25, -0.2) is 0 Å². The monoisotopic (exact) mass is 306 g/mol. The molecule has 0 spiro atoms. The third-order valence-electron chi connectivity index (χ3n) is 3.25. The number of hydrogen-bond donors (Lipinski definition) is 1. The number of oxazole rings is 1. The van der Waals surface area contributed by atoms with E-state index >= 15 is 0 Å². The largest absolute Gasteiger partial charge is 0.497 e. The van der Waals surface area contributed by atoms with Gasteiger partial charge in [-0.3, -0.25) is 4.98 Å². The molecule has 114 valence electrons. The smallest absolute Gasteiger partial charge is 0.232 e. The fourth-order valence-corrected chi connectivity index (χ4v) is 2.05. The summed E-state index contributed by atoms with van der Waals surface area (Å²) < 4.78 is 10.8. The quantitative estimate of drug-likeness (QED) is 0.779. The Morgan fingerprint density at radius 1 is 1.26 bits per heavy atom. The first-order valence-electron chi connectivity index (χ1n) is 6.98. The number of anilines is 1. The van der Waals surface area contributed by atoms with E-state index in [2.05, 4.69) is 15.3 Å². The van der Waals surface area contributed by atoms with E-state index in [1.807, 2.05) is 36.4 Å². The van der Waals surface area contributed by atoms with Crippen LogP contribution in [0.4, 0.5) is 5.88 Å². The number of pyridine rings is 1. The van der Waals surface area contributed by atoms with E-state index in [0.29, 0.717) is 18.3 Å². The average molecular weight is 306 g/mol. The van der Waals surface area contributed by atoms with E-state index < -0.39 is 0 Å². The summed E-state index contributed by atoms with van der Waals surface area (Å²) in [4.78, 5) is 8.21. The van der Waals surface area contributed by atoms with Gasteiger partial charge in [0.05, 0.1) is 12.7 Å². The summed E-state index contributed by atoms with van der Waals surface area (Å²) in [6, 6.07) is 13.3. The van der Waals surface area contributed by atoms with Gasteiger partial charge in [-0.05, 0) is 29.8 Å². The number of hydrogen-bond acceptors (Lipinski definition) is 6. The minimum atomic E-state index is 0.220. The van der Waals surface area contributed by atoms with Crippen molar-refractivity contribution in [2.45, 2.75) is 6.54 Å². The van der Waals surface area contributed by atoms with Gasteiger partial charge in [0.15, 0.2) is 0 Å². The molecule has 0 aliphatic carbocycles. The molecule has 0 saturated carbocycles. The van der Waals surface area contributed by atoms with Crippen LogP contribution in [-0.2, 0) is 6.54 Å².